The van der Waals surface area contributed by atoms with Crippen LogP contribution in [0.15, 0.2) is 4.99 Å². The number of ether oxygens (including phenoxy) is 2. The van der Waals surface area contributed by atoms with Gasteiger partial charge < -0.3 is 25.0 Å². The molecule has 3 rings (SSSR count). The number of hydrogen-bond acceptors (Lipinski definition) is 4. The molecule has 2 heterocycles. The predicted molar refractivity (Wildman–Crippen MR) is 101 cm³/mol. The zero-order valence-electron chi connectivity index (χ0n) is 16.3. The van der Waals surface area contributed by atoms with Gasteiger partial charge in [-0.25, -0.2) is 4.99 Å². The van der Waals surface area contributed by atoms with Crippen molar-refractivity contribution >= 4 is 11.9 Å². The fraction of sp³-hybridized carbons (Fsp3) is 0.895. The molecule has 7 heteroatoms. The molecular formula is C19H34N4O3. The van der Waals surface area contributed by atoms with E-state index >= 15 is 0 Å². The Morgan fingerprint density at radius 2 is 1.73 bits per heavy atom. The van der Waals surface area contributed by atoms with Crippen LogP contribution in [0, 0.1) is 0 Å². The van der Waals surface area contributed by atoms with Crippen LogP contribution >= 0.6 is 0 Å². The van der Waals surface area contributed by atoms with E-state index in [4.69, 9.17) is 9.47 Å². The van der Waals surface area contributed by atoms with Gasteiger partial charge in [-0.05, 0) is 38.5 Å². The van der Waals surface area contributed by atoms with Gasteiger partial charge in [0, 0.05) is 46.0 Å². The third kappa shape index (κ3) is 5.33. The summed E-state index contributed by atoms with van der Waals surface area (Å²) in [6.07, 6.45) is 8.84. The molecule has 0 aromatic carbocycles. The van der Waals surface area contributed by atoms with Crippen LogP contribution in [0.1, 0.15) is 51.4 Å². The van der Waals surface area contributed by atoms with Crippen molar-refractivity contribution in [3.8, 4) is 0 Å². The molecule has 2 aliphatic heterocycles. The van der Waals surface area contributed by atoms with E-state index in [-0.39, 0.29) is 18.1 Å². The monoisotopic (exact) mass is 366 g/mol. The molecule has 3 aliphatic rings. The third-order valence-electron chi connectivity index (χ3n) is 5.78. The molecule has 0 aromatic rings. The standard InChI is InChI=1S/C19H34N4O3/c1-23(2)17(24)14-20-18(21-15-5-10-25-11-6-15)22-16-7-12-26-19(13-16)8-3-4-9-19/h15-16H,3-14H2,1-2H3,(H2,20,21,22). The van der Waals surface area contributed by atoms with Crippen LogP contribution in [0.4, 0.5) is 0 Å². The maximum absolute atomic E-state index is 12.0. The quantitative estimate of drug-likeness (QED) is 0.579. The highest BCUT2D eigenvalue weighted by Gasteiger charge is 2.40. The lowest BCUT2D eigenvalue weighted by molar-refractivity contribution is -0.127. The first kappa shape index (κ1) is 19.4. The van der Waals surface area contributed by atoms with Crippen LogP contribution in [-0.2, 0) is 14.3 Å². The largest absolute Gasteiger partial charge is 0.381 e. The molecule has 1 saturated carbocycles. The van der Waals surface area contributed by atoms with E-state index in [2.05, 4.69) is 15.6 Å². The zero-order valence-corrected chi connectivity index (χ0v) is 16.3. The molecule has 1 aliphatic carbocycles. The summed E-state index contributed by atoms with van der Waals surface area (Å²) in [5.74, 6) is 0.768. The molecule has 0 bridgehead atoms. The second kappa shape index (κ2) is 9.04. The predicted octanol–water partition coefficient (Wildman–Crippen LogP) is 1.28. The lowest BCUT2D eigenvalue weighted by atomic mass is 9.89. The van der Waals surface area contributed by atoms with Crippen LogP contribution in [0.25, 0.3) is 0 Å². The number of rotatable bonds is 4. The summed E-state index contributed by atoms with van der Waals surface area (Å²) >= 11 is 0. The fourth-order valence-corrected chi connectivity index (χ4v) is 4.17. The van der Waals surface area contributed by atoms with Crippen molar-refractivity contribution in [2.24, 2.45) is 4.99 Å². The summed E-state index contributed by atoms with van der Waals surface area (Å²) in [5, 5.41) is 7.12. The topological polar surface area (TPSA) is 75.2 Å². The first-order chi connectivity index (χ1) is 12.6. The SMILES string of the molecule is CN(C)C(=O)CN=C(NC1CCOCC1)NC1CCOC2(CCCC2)C1. The van der Waals surface area contributed by atoms with Gasteiger partial charge >= 0.3 is 0 Å². The van der Waals surface area contributed by atoms with E-state index in [1.807, 2.05) is 0 Å². The third-order valence-corrected chi connectivity index (χ3v) is 5.78. The average Bonchev–Trinajstić information content (AvgIpc) is 3.07. The number of nitrogens with zero attached hydrogens (tertiary/aromatic N) is 2. The Kier molecular flexibility index (Phi) is 6.75. The number of nitrogens with one attached hydrogen (secondary N) is 2. The first-order valence-corrected chi connectivity index (χ1v) is 10.1. The number of amides is 1. The van der Waals surface area contributed by atoms with Gasteiger partial charge in [0.05, 0.1) is 5.60 Å². The number of aliphatic imine (C=N–C) groups is 1. The summed E-state index contributed by atoms with van der Waals surface area (Å²) in [4.78, 5) is 18.1. The van der Waals surface area contributed by atoms with Gasteiger partial charge in [0.2, 0.25) is 5.91 Å². The zero-order chi connectivity index (χ0) is 18.4. The molecule has 2 N–H and O–H groups in total. The highest BCUT2D eigenvalue weighted by molar-refractivity contribution is 5.85. The van der Waals surface area contributed by atoms with Crippen molar-refractivity contribution in [3.05, 3.63) is 0 Å². The lowest BCUT2D eigenvalue weighted by Gasteiger charge is -2.39. The Balaban J connectivity index is 1.61. The normalized spacial score (nSPS) is 26.7. The number of likely N-dealkylation sites (N-methyl/N-ethyl adjacent to an activating group) is 1. The van der Waals surface area contributed by atoms with Crippen molar-refractivity contribution in [1.29, 1.82) is 0 Å². The van der Waals surface area contributed by atoms with Crippen molar-refractivity contribution in [3.63, 3.8) is 0 Å². The molecule has 2 saturated heterocycles. The maximum atomic E-state index is 12.0. The van der Waals surface area contributed by atoms with E-state index < -0.39 is 0 Å². The van der Waals surface area contributed by atoms with Crippen LogP contribution in [-0.4, -0.2) is 74.9 Å². The fourth-order valence-electron chi connectivity index (χ4n) is 4.17. The summed E-state index contributed by atoms with van der Waals surface area (Å²) in [5.41, 5.74) is 0.0686. The van der Waals surface area contributed by atoms with Crippen LogP contribution in [0.5, 0.6) is 0 Å². The van der Waals surface area contributed by atoms with Crippen molar-refractivity contribution < 1.29 is 14.3 Å². The molecule has 148 valence electrons. The van der Waals surface area contributed by atoms with Gasteiger partial charge in [0.25, 0.3) is 0 Å². The summed E-state index contributed by atoms with van der Waals surface area (Å²) < 4.78 is 11.6. The maximum Gasteiger partial charge on any atom is 0.243 e. The van der Waals surface area contributed by atoms with E-state index in [1.54, 1.807) is 19.0 Å². The molecule has 0 radical (unpaired) electrons. The van der Waals surface area contributed by atoms with Gasteiger partial charge in [0.1, 0.15) is 6.54 Å². The minimum absolute atomic E-state index is 0.0114. The number of hydrogen-bond donors (Lipinski definition) is 2. The van der Waals surface area contributed by atoms with Gasteiger partial charge in [-0.15, -0.1) is 0 Å². The van der Waals surface area contributed by atoms with Gasteiger partial charge in [-0.2, -0.15) is 0 Å². The Morgan fingerprint density at radius 3 is 2.42 bits per heavy atom. The number of carbonyl (C=O) groups excluding carboxylic acids is 1. The van der Waals surface area contributed by atoms with Crippen LogP contribution in [0.2, 0.25) is 0 Å². The van der Waals surface area contributed by atoms with E-state index in [1.165, 1.54) is 25.7 Å². The van der Waals surface area contributed by atoms with Crippen molar-refractivity contribution in [2.75, 3.05) is 40.5 Å². The molecule has 3 fully saturated rings. The Bertz CT molecular complexity index is 497. The summed E-state index contributed by atoms with van der Waals surface area (Å²) in [6.45, 7) is 2.53. The second-order valence-electron chi connectivity index (χ2n) is 8.06. The molecule has 1 atom stereocenters. The second-order valence-corrected chi connectivity index (χ2v) is 8.06. The molecule has 1 amide bonds. The number of carbonyl (C=O) groups is 1. The Labute approximate surface area is 156 Å². The molecule has 1 spiro atoms. The minimum Gasteiger partial charge on any atom is -0.381 e. The highest BCUT2D eigenvalue weighted by atomic mass is 16.5. The molecule has 1 unspecified atom stereocenters. The van der Waals surface area contributed by atoms with Gasteiger partial charge in [-0.1, -0.05) is 12.8 Å². The Hall–Kier alpha value is -1.34. The number of guanidine groups is 1. The van der Waals surface area contributed by atoms with Crippen molar-refractivity contribution in [2.45, 2.75) is 69.1 Å². The minimum atomic E-state index is 0.0114. The average molecular weight is 367 g/mol. The van der Waals surface area contributed by atoms with Gasteiger partial charge in [0.15, 0.2) is 5.96 Å². The lowest BCUT2D eigenvalue weighted by Crippen LogP contribution is -2.53. The first-order valence-electron chi connectivity index (χ1n) is 10.1. The molecule has 7 nitrogen and oxygen atoms in total. The Morgan fingerprint density at radius 1 is 1.08 bits per heavy atom. The molecular weight excluding hydrogens is 332 g/mol. The molecule has 26 heavy (non-hydrogen) atoms. The van der Waals surface area contributed by atoms with E-state index in [0.717, 1.165) is 51.5 Å². The summed E-state index contributed by atoms with van der Waals surface area (Å²) in [6, 6.07) is 0.701. The van der Waals surface area contributed by atoms with E-state index in [9.17, 15) is 4.79 Å². The van der Waals surface area contributed by atoms with Crippen molar-refractivity contribution in [1.82, 2.24) is 15.5 Å². The summed E-state index contributed by atoms with van der Waals surface area (Å²) in [7, 11) is 3.53. The smallest absolute Gasteiger partial charge is 0.243 e. The van der Waals surface area contributed by atoms with Gasteiger partial charge in [-0.3, -0.25) is 4.79 Å². The van der Waals surface area contributed by atoms with E-state index in [0.29, 0.717) is 12.1 Å². The molecule has 0 aromatic heterocycles. The van der Waals surface area contributed by atoms with Crippen LogP contribution in [0.3, 0.4) is 0 Å². The highest BCUT2D eigenvalue weighted by Crippen LogP contribution is 2.39. The van der Waals surface area contributed by atoms with Crippen LogP contribution < -0.4 is 10.6 Å².